The Balaban J connectivity index is 0.00000240. The van der Waals surface area contributed by atoms with Crippen LogP contribution in [0.4, 0.5) is 5.95 Å². The SMILES string of the molecule is C.N#Cc1cc2c(-c3cc(OCc4ccccc4)c(Cl)cc3Cl)nc(N)nc2s1. The van der Waals surface area contributed by atoms with Gasteiger partial charge in [0, 0.05) is 10.9 Å². The van der Waals surface area contributed by atoms with Gasteiger partial charge in [-0.3, -0.25) is 0 Å². The van der Waals surface area contributed by atoms with Gasteiger partial charge in [-0.1, -0.05) is 61.0 Å². The van der Waals surface area contributed by atoms with Gasteiger partial charge in [0.05, 0.1) is 15.7 Å². The number of nitrogens with zero attached hydrogens (tertiary/aromatic N) is 3. The van der Waals surface area contributed by atoms with Crippen LogP contribution in [0.15, 0.2) is 48.5 Å². The van der Waals surface area contributed by atoms with E-state index < -0.39 is 0 Å². The van der Waals surface area contributed by atoms with Gasteiger partial charge in [0.2, 0.25) is 5.95 Å². The van der Waals surface area contributed by atoms with Crippen molar-refractivity contribution in [3.8, 4) is 23.1 Å². The van der Waals surface area contributed by atoms with Crippen LogP contribution in [0.1, 0.15) is 17.9 Å². The number of rotatable bonds is 4. The van der Waals surface area contributed by atoms with Crippen molar-refractivity contribution in [2.45, 2.75) is 14.0 Å². The van der Waals surface area contributed by atoms with Gasteiger partial charge in [-0.2, -0.15) is 5.26 Å². The minimum absolute atomic E-state index is 0. The molecule has 0 radical (unpaired) electrons. The first kappa shape index (κ1) is 20.9. The number of nitrogen functional groups attached to an aromatic ring is 1. The fourth-order valence-electron chi connectivity index (χ4n) is 2.75. The van der Waals surface area contributed by atoms with Crippen LogP contribution in [-0.2, 0) is 6.61 Å². The smallest absolute Gasteiger partial charge is 0.221 e. The number of anilines is 1. The van der Waals surface area contributed by atoms with Crippen LogP contribution < -0.4 is 10.5 Å². The second-order valence-electron chi connectivity index (χ2n) is 5.91. The molecule has 146 valence electrons. The molecule has 0 spiro atoms. The molecule has 0 saturated carbocycles. The quantitative estimate of drug-likeness (QED) is 0.398. The van der Waals surface area contributed by atoms with E-state index in [0.29, 0.717) is 48.8 Å². The Kier molecular flexibility index (Phi) is 6.23. The first-order chi connectivity index (χ1) is 13.5. The lowest BCUT2D eigenvalue weighted by Gasteiger charge is -2.12. The molecular formula is C21H16Cl2N4OS. The summed E-state index contributed by atoms with van der Waals surface area (Å²) in [6.45, 7) is 0.361. The maximum Gasteiger partial charge on any atom is 0.221 e. The zero-order chi connectivity index (χ0) is 19.7. The lowest BCUT2D eigenvalue weighted by atomic mass is 10.1. The van der Waals surface area contributed by atoms with Crippen molar-refractivity contribution in [1.29, 1.82) is 5.26 Å². The Morgan fingerprint density at radius 3 is 2.55 bits per heavy atom. The van der Waals surface area contributed by atoms with Crippen molar-refractivity contribution in [1.82, 2.24) is 9.97 Å². The average Bonchev–Trinajstić information content (AvgIpc) is 3.10. The van der Waals surface area contributed by atoms with Gasteiger partial charge in [-0.25, -0.2) is 9.97 Å². The van der Waals surface area contributed by atoms with E-state index in [-0.39, 0.29) is 13.4 Å². The molecule has 8 heteroatoms. The number of fused-ring (bicyclic) bond motifs is 1. The molecule has 0 aliphatic carbocycles. The van der Waals surface area contributed by atoms with Crippen LogP contribution in [0.5, 0.6) is 5.75 Å². The van der Waals surface area contributed by atoms with E-state index >= 15 is 0 Å². The van der Waals surface area contributed by atoms with Crippen molar-refractivity contribution in [2.75, 3.05) is 5.73 Å². The molecule has 5 nitrogen and oxygen atoms in total. The third-order valence-electron chi connectivity index (χ3n) is 4.03. The molecule has 29 heavy (non-hydrogen) atoms. The number of hydrogen-bond acceptors (Lipinski definition) is 6. The van der Waals surface area contributed by atoms with Gasteiger partial charge in [0.25, 0.3) is 0 Å². The fourth-order valence-corrected chi connectivity index (χ4v) is 4.12. The molecule has 0 aliphatic heterocycles. The minimum atomic E-state index is 0. The molecule has 2 N–H and O–H groups in total. The Hall–Kier alpha value is -2.85. The van der Waals surface area contributed by atoms with Crippen LogP contribution in [0, 0.1) is 11.3 Å². The highest BCUT2D eigenvalue weighted by Crippen LogP contribution is 2.40. The molecule has 4 aromatic rings. The van der Waals surface area contributed by atoms with Crippen LogP contribution in [0.25, 0.3) is 21.5 Å². The lowest BCUT2D eigenvalue weighted by Crippen LogP contribution is -1.99. The van der Waals surface area contributed by atoms with Crippen LogP contribution >= 0.6 is 34.5 Å². The number of aromatic nitrogens is 2. The van der Waals surface area contributed by atoms with Gasteiger partial charge in [-0.05, 0) is 23.8 Å². The largest absolute Gasteiger partial charge is 0.487 e. The van der Waals surface area contributed by atoms with Crippen LogP contribution in [0.2, 0.25) is 10.0 Å². The molecule has 0 amide bonds. The number of halogens is 2. The minimum Gasteiger partial charge on any atom is -0.487 e. The molecular weight excluding hydrogens is 427 g/mol. The fraction of sp³-hybridized carbons (Fsp3) is 0.0952. The standard InChI is InChI=1S/C20H12Cl2N4OS.CH4/c21-15-8-16(22)17(27-10-11-4-2-1-3-5-11)7-13(15)18-14-6-12(9-23)28-19(14)26-20(24)25-18;/h1-8H,10H2,(H2,24,25,26);1H4. The molecule has 0 fully saturated rings. The topological polar surface area (TPSA) is 84.8 Å². The second kappa shape index (κ2) is 8.66. The highest BCUT2D eigenvalue weighted by Gasteiger charge is 2.17. The van der Waals surface area contributed by atoms with Gasteiger partial charge in [0.15, 0.2) is 0 Å². The first-order valence-electron chi connectivity index (χ1n) is 8.18. The molecule has 2 aromatic carbocycles. The van der Waals surface area contributed by atoms with Gasteiger partial charge in [0.1, 0.15) is 28.1 Å². The van der Waals surface area contributed by atoms with E-state index in [4.69, 9.17) is 33.7 Å². The normalized spacial score (nSPS) is 10.4. The lowest BCUT2D eigenvalue weighted by molar-refractivity contribution is 0.306. The number of hydrogen-bond donors (Lipinski definition) is 1. The summed E-state index contributed by atoms with van der Waals surface area (Å²) in [7, 11) is 0. The van der Waals surface area contributed by atoms with E-state index in [0.717, 1.165) is 5.56 Å². The predicted molar refractivity (Wildman–Crippen MR) is 120 cm³/mol. The molecule has 0 bridgehead atoms. The summed E-state index contributed by atoms with van der Waals surface area (Å²) in [5, 5.41) is 10.7. The maximum absolute atomic E-state index is 9.20. The summed E-state index contributed by atoms with van der Waals surface area (Å²) < 4.78 is 5.89. The maximum atomic E-state index is 9.20. The molecule has 2 heterocycles. The van der Waals surface area contributed by atoms with E-state index in [1.165, 1.54) is 11.3 Å². The third-order valence-corrected chi connectivity index (χ3v) is 5.58. The number of thiophene rings is 1. The summed E-state index contributed by atoms with van der Waals surface area (Å²) in [6.07, 6.45) is 0. The highest BCUT2D eigenvalue weighted by molar-refractivity contribution is 7.19. The monoisotopic (exact) mass is 442 g/mol. The number of ether oxygens (including phenoxy) is 1. The number of benzene rings is 2. The van der Waals surface area contributed by atoms with Gasteiger partial charge < -0.3 is 10.5 Å². The van der Waals surface area contributed by atoms with Crippen molar-refractivity contribution >= 4 is 50.7 Å². The highest BCUT2D eigenvalue weighted by atomic mass is 35.5. The predicted octanol–water partition coefficient (Wildman–Crippen LogP) is 6.33. The summed E-state index contributed by atoms with van der Waals surface area (Å²) in [5.74, 6) is 0.581. The summed E-state index contributed by atoms with van der Waals surface area (Å²) in [5.41, 5.74) is 8.02. The number of nitriles is 1. The average molecular weight is 443 g/mol. The van der Waals surface area contributed by atoms with Crippen molar-refractivity contribution in [2.24, 2.45) is 0 Å². The van der Waals surface area contributed by atoms with Crippen LogP contribution in [-0.4, -0.2) is 9.97 Å². The Morgan fingerprint density at radius 2 is 1.83 bits per heavy atom. The van der Waals surface area contributed by atoms with E-state index in [1.54, 1.807) is 18.2 Å². The van der Waals surface area contributed by atoms with E-state index in [1.807, 2.05) is 30.3 Å². The van der Waals surface area contributed by atoms with E-state index in [9.17, 15) is 5.26 Å². The summed E-state index contributed by atoms with van der Waals surface area (Å²) in [6, 6.07) is 17.0. The van der Waals surface area contributed by atoms with Gasteiger partial charge >= 0.3 is 0 Å². The molecule has 0 unspecified atom stereocenters. The zero-order valence-electron chi connectivity index (χ0n) is 14.3. The van der Waals surface area contributed by atoms with Crippen molar-refractivity contribution in [3.63, 3.8) is 0 Å². The van der Waals surface area contributed by atoms with Crippen molar-refractivity contribution < 1.29 is 4.74 Å². The number of nitrogens with two attached hydrogens (primary N) is 1. The third kappa shape index (κ3) is 4.28. The summed E-state index contributed by atoms with van der Waals surface area (Å²) in [4.78, 5) is 9.70. The Morgan fingerprint density at radius 1 is 1.07 bits per heavy atom. The molecule has 0 saturated heterocycles. The second-order valence-corrected chi connectivity index (χ2v) is 7.75. The summed E-state index contributed by atoms with van der Waals surface area (Å²) >= 11 is 14.0. The Labute approximate surface area is 182 Å². The van der Waals surface area contributed by atoms with Crippen LogP contribution in [0.3, 0.4) is 0 Å². The Bertz CT molecular complexity index is 1220. The first-order valence-corrected chi connectivity index (χ1v) is 9.75. The van der Waals surface area contributed by atoms with E-state index in [2.05, 4.69) is 16.0 Å². The molecule has 0 aliphatic rings. The molecule has 2 aromatic heterocycles. The van der Waals surface area contributed by atoms with Crippen molar-refractivity contribution in [3.05, 3.63) is 69.0 Å². The molecule has 4 rings (SSSR count). The zero-order valence-corrected chi connectivity index (χ0v) is 16.6. The van der Waals surface area contributed by atoms with Gasteiger partial charge in [-0.15, -0.1) is 11.3 Å². The molecule has 0 atom stereocenters.